The van der Waals surface area contributed by atoms with Crippen molar-refractivity contribution in [1.82, 2.24) is 15.3 Å². The van der Waals surface area contributed by atoms with E-state index in [0.717, 1.165) is 31.9 Å². The zero-order chi connectivity index (χ0) is 11.5. The van der Waals surface area contributed by atoms with Crippen LogP contribution in [0.4, 0.5) is 0 Å². The Kier molecular flexibility index (Phi) is 3.22. The number of hydrogen-bond donors (Lipinski definition) is 1. The zero-order valence-corrected chi connectivity index (χ0v) is 10.1. The lowest BCUT2D eigenvalue weighted by molar-refractivity contribution is 0.263. The Hall–Kier alpha value is -1.16. The van der Waals surface area contributed by atoms with Gasteiger partial charge in [0.25, 0.3) is 0 Å². The third-order valence-corrected chi connectivity index (χ3v) is 3.67. The third kappa shape index (κ3) is 2.41. The molecule has 1 aliphatic carbocycles. The number of ether oxygens (including phenoxy) is 1. The molecular formula is C13H19N3O. The van der Waals surface area contributed by atoms with Crippen molar-refractivity contribution in [3.05, 3.63) is 17.6 Å². The Morgan fingerprint density at radius 3 is 3.06 bits per heavy atom. The maximum atomic E-state index is 5.87. The van der Waals surface area contributed by atoms with Crippen LogP contribution >= 0.6 is 0 Å². The molecule has 0 amide bonds. The van der Waals surface area contributed by atoms with E-state index in [0.29, 0.717) is 6.04 Å². The molecule has 0 aromatic carbocycles. The summed E-state index contributed by atoms with van der Waals surface area (Å²) in [6.07, 6.45) is 8.75. The van der Waals surface area contributed by atoms with Crippen LogP contribution in [0.1, 0.15) is 36.9 Å². The second kappa shape index (κ2) is 5.00. The van der Waals surface area contributed by atoms with Gasteiger partial charge in [-0.15, -0.1) is 0 Å². The normalized spacial score (nSPS) is 23.4. The zero-order valence-electron chi connectivity index (χ0n) is 10.1. The molecule has 3 rings (SSSR count). The summed E-state index contributed by atoms with van der Waals surface area (Å²) < 4.78 is 5.87. The van der Waals surface area contributed by atoms with Gasteiger partial charge in [0, 0.05) is 11.6 Å². The van der Waals surface area contributed by atoms with Crippen molar-refractivity contribution >= 4 is 0 Å². The number of rotatable bonds is 3. The fourth-order valence-electron chi connectivity index (χ4n) is 2.69. The third-order valence-electron chi connectivity index (χ3n) is 3.67. The van der Waals surface area contributed by atoms with E-state index in [-0.39, 0.29) is 0 Å². The number of fused-ring (bicyclic) bond motifs is 1. The standard InChI is InChI=1S/C13H19N3O/c1-2-6-12-11(5-1)13(16-9-15-12)17-8-10-4-3-7-14-10/h9-10,14H,1-8H2. The quantitative estimate of drug-likeness (QED) is 0.859. The Bertz CT molecular complexity index is 388. The molecule has 1 unspecified atom stereocenters. The molecule has 2 aliphatic rings. The second-order valence-electron chi connectivity index (χ2n) is 4.92. The fourth-order valence-corrected chi connectivity index (χ4v) is 2.69. The molecule has 1 saturated heterocycles. The van der Waals surface area contributed by atoms with E-state index < -0.39 is 0 Å². The highest BCUT2D eigenvalue weighted by Gasteiger charge is 2.19. The predicted molar refractivity (Wildman–Crippen MR) is 65.2 cm³/mol. The van der Waals surface area contributed by atoms with Crippen LogP contribution in [0.2, 0.25) is 0 Å². The Labute approximate surface area is 102 Å². The van der Waals surface area contributed by atoms with Gasteiger partial charge in [-0.25, -0.2) is 9.97 Å². The summed E-state index contributed by atoms with van der Waals surface area (Å²) >= 11 is 0. The van der Waals surface area contributed by atoms with Crippen LogP contribution in [0.15, 0.2) is 6.33 Å². The molecule has 1 fully saturated rings. The smallest absolute Gasteiger partial charge is 0.219 e. The molecule has 1 N–H and O–H groups in total. The van der Waals surface area contributed by atoms with Crippen LogP contribution in [-0.4, -0.2) is 29.2 Å². The molecule has 92 valence electrons. The molecular weight excluding hydrogens is 214 g/mol. The first-order chi connectivity index (χ1) is 8.43. The molecule has 0 spiro atoms. The van der Waals surface area contributed by atoms with Gasteiger partial charge in [0.05, 0.1) is 5.69 Å². The SMILES string of the molecule is c1nc2c(c(OCC3CCCN3)n1)CCCC2. The van der Waals surface area contributed by atoms with Gasteiger partial charge >= 0.3 is 0 Å². The van der Waals surface area contributed by atoms with Crippen molar-refractivity contribution in [3.8, 4) is 5.88 Å². The highest BCUT2D eigenvalue weighted by molar-refractivity contribution is 5.31. The Morgan fingerprint density at radius 1 is 1.24 bits per heavy atom. The number of nitrogens with one attached hydrogen (secondary N) is 1. The molecule has 0 bridgehead atoms. The van der Waals surface area contributed by atoms with E-state index in [4.69, 9.17) is 4.74 Å². The number of hydrogen-bond acceptors (Lipinski definition) is 4. The lowest BCUT2D eigenvalue weighted by Crippen LogP contribution is -2.28. The van der Waals surface area contributed by atoms with Gasteiger partial charge in [-0.1, -0.05) is 0 Å². The lowest BCUT2D eigenvalue weighted by atomic mass is 9.97. The summed E-state index contributed by atoms with van der Waals surface area (Å²) in [5, 5.41) is 3.44. The minimum absolute atomic E-state index is 0.504. The molecule has 2 heterocycles. The van der Waals surface area contributed by atoms with Crippen molar-refractivity contribution in [2.75, 3.05) is 13.2 Å². The Balaban J connectivity index is 1.69. The molecule has 4 heteroatoms. The van der Waals surface area contributed by atoms with E-state index in [2.05, 4.69) is 15.3 Å². The summed E-state index contributed by atoms with van der Waals surface area (Å²) in [7, 11) is 0. The van der Waals surface area contributed by atoms with Crippen LogP contribution in [0, 0.1) is 0 Å². The summed E-state index contributed by atoms with van der Waals surface area (Å²) in [6.45, 7) is 1.86. The molecule has 0 radical (unpaired) electrons. The van der Waals surface area contributed by atoms with Gasteiger partial charge < -0.3 is 10.1 Å². The largest absolute Gasteiger partial charge is 0.476 e. The van der Waals surface area contributed by atoms with Crippen LogP contribution in [-0.2, 0) is 12.8 Å². The van der Waals surface area contributed by atoms with E-state index in [9.17, 15) is 0 Å². The van der Waals surface area contributed by atoms with Gasteiger partial charge in [0.2, 0.25) is 5.88 Å². The van der Waals surface area contributed by atoms with E-state index in [1.165, 1.54) is 36.9 Å². The van der Waals surface area contributed by atoms with Gasteiger partial charge in [-0.3, -0.25) is 0 Å². The fraction of sp³-hybridized carbons (Fsp3) is 0.692. The van der Waals surface area contributed by atoms with Crippen molar-refractivity contribution in [3.63, 3.8) is 0 Å². The van der Waals surface area contributed by atoms with Gasteiger partial charge in [-0.2, -0.15) is 0 Å². The van der Waals surface area contributed by atoms with E-state index in [1.807, 2.05) is 0 Å². The lowest BCUT2D eigenvalue weighted by Gasteiger charge is -2.18. The first kappa shape index (κ1) is 11.0. The molecule has 1 atom stereocenters. The van der Waals surface area contributed by atoms with Crippen molar-refractivity contribution < 1.29 is 4.74 Å². The summed E-state index contributed by atoms with van der Waals surface area (Å²) in [5.74, 6) is 0.823. The molecule has 4 nitrogen and oxygen atoms in total. The number of aromatic nitrogens is 2. The molecule has 1 aromatic heterocycles. The van der Waals surface area contributed by atoms with E-state index in [1.54, 1.807) is 6.33 Å². The van der Waals surface area contributed by atoms with Gasteiger partial charge in [-0.05, 0) is 45.1 Å². The molecule has 1 aliphatic heterocycles. The maximum Gasteiger partial charge on any atom is 0.219 e. The molecule has 1 aromatic rings. The maximum absolute atomic E-state index is 5.87. The monoisotopic (exact) mass is 233 g/mol. The van der Waals surface area contributed by atoms with Crippen LogP contribution in [0.3, 0.4) is 0 Å². The van der Waals surface area contributed by atoms with E-state index >= 15 is 0 Å². The first-order valence-electron chi connectivity index (χ1n) is 6.62. The van der Waals surface area contributed by atoms with Gasteiger partial charge in [0.15, 0.2) is 0 Å². The number of nitrogens with zero attached hydrogens (tertiary/aromatic N) is 2. The van der Waals surface area contributed by atoms with Crippen molar-refractivity contribution in [2.45, 2.75) is 44.6 Å². The van der Waals surface area contributed by atoms with Crippen molar-refractivity contribution in [1.29, 1.82) is 0 Å². The average molecular weight is 233 g/mol. The molecule has 17 heavy (non-hydrogen) atoms. The van der Waals surface area contributed by atoms with Crippen LogP contribution in [0.5, 0.6) is 5.88 Å². The van der Waals surface area contributed by atoms with Crippen molar-refractivity contribution in [2.24, 2.45) is 0 Å². The highest BCUT2D eigenvalue weighted by atomic mass is 16.5. The highest BCUT2D eigenvalue weighted by Crippen LogP contribution is 2.26. The Morgan fingerprint density at radius 2 is 2.18 bits per heavy atom. The average Bonchev–Trinajstić information content (AvgIpc) is 2.89. The first-order valence-corrected chi connectivity index (χ1v) is 6.62. The minimum atomic E-state index is 0.504. The topological polar surface area (TPSA) is 47.0 Å². The minimum Gasteiger partial charge on any atom is -0.476 e. The summed E-state index contributed by atoms with van der Waals surface area (Å²) in [4.78, 5) is 8.64. The number of aryl methyl sites for hydroxylation is 1. The summed E-state index contributed by atoms with van der Waals surface area (Å²) in [6, 6.07) is 0.504. The van der Waals surface area contributed by atoms with Crippen LogP contribution in [0.25, 0.3) is 0 Å². The predicted octanol–water partition coefficient (Wildman–Crippen LogP) is 1.49. The van der Waals surface area contributed by atoms with Gasteiger partial charge in [0.1, 0.15) is 12.9 Å². The molecule has 0 saturated carbocycles. The second-order valence-corrected chi connectivity index (χ2v) is 4.92. The summed E-state index contributed by atoms with van der Waals surface area (Å²) in [5.41, 5.74) is 2.44. The van der Waals surface area contributed by atoms with Crippen LogP contribution < -0.4 is 10.1 Å².